The number of amides is 2. The number of hydrogen-bond donors (Lipinski definition) is 5. The largest absolute Gasteiger partial charge is 0.464 e. The molecule has 1 fully saturated rings. The molecule has 1 saturated heterocycles. The van der Waals surface area contributed by atoms with Crippen LogP contribution in [-0.2, 0) is 17.6 Å². The number of benzene rings is 3. The van der Waals surface area contributed by atoms with E-state index in [-0.39, 0.29) is 42.0 Å². The molecule has 55 heavy (non-hydrogen) atoms. The highest BCUT2D eigenvalue weighted by Crippen LogP contribution is 2.22. The average molecular weight is 752 g/mol. The molecule has 0 unspecified atom stereocenters. The molecule has 2 heterocycles. The van der Waals surface area contributed by atoms with Crippen LogP contribution >= 0.6 is 0 Å². The molecule has 3 aromatic carbocycles. The number of fused-ring (bicyclic) bond motifs is 1. The maximum absolute atomic E-state index is 14.1. The van der Waals surface area contributed by atoms with E-state index >= 15 is 0 Å². The van der Waals surface area contributed by atoms with Crippen molar-refractivity contribution in [3.63, 3.8) is 0 Å². The first-order valence-electron chi connectivity index (χ1n) is 20.5. The first-order chi connectivity index (χ1) is 26.7. The Morgan fingerprint density at radius 2 is 1.49 bits per heavy atom. The maximum atomic E-state index is 14.1. The SMILES string of the molecule is CC(C)C[C@H](CN[C@H](CCCCN)C(=O)N1CCC(N(C)C(=O)c2ccc3occc3c2)CC1)NC[C@@H](Cc1ccccc1)NC[C@H](N)Cc1ccccc1. The van der Waals surface area contributed by atoms with E-state index in [1.54, 1.807) is 6.26 Å². The van der Waals surface area contributed by atoms with E-state index in [9.17, 15) is 9.59 Å². The number of nitrogens with two attached hydrogens (primary N) is 2. The van der Waals surface area contributed by atoms with Gasteiger partial charge in [-0.3, -0.25) is 9.59 Å². The fourth-order valence-corrected chi connectivity index (χ4v) is 7.79. The molecule has 4 atom stereocenters. The van der Waals surface area contributed by atoms with Crippen LogP contribution in [0.2, 0.25) is 0 Å². The topological polar surface area (TPSA) is 142 Å². The maximum Gasteiger partial charge on any atom is 0.253 e. The second kappa shape index (κ2) is 21.9. The van der Waals surface area contributed by atoms with Crippen LogP contribution in [-0.4, -0.2) is 98.1 Å². The summed E-state index contributed by atoms with van der Waals surface area (Å²) in [5.74, 6) is 0.633. The summed E-state index contributed by atoms with van der Waals surface area (Å²) >= 11 is 0. The molecule has 5 rings (SSSR count). The molecule has 298 valence electrons. The van der Waals surface area contributed by atoms with Gasteiger partial charge in [-0.25, -0.2) is 0 Å². The normalized spacial score (nSPS) is 15.9. The summed E-state index contributed by atoms with van der Waals surface area (Å²) in [6.45, 7) is 8.58. The molecule has 2 amide bonds. The van der Waals surface area contributed by atoms with Gasteiger partial charge in [0.15, 0.2) is 0 Å². The van der Waals surface area contributed by atoms with Gasteiger partial charge in [-0.1, -0.05) is 80.9 Å². The van der Waals surface area contributed by atoms with E-state index in [4.69, 9.17) is 15.9 Å². The van der Waals surface area contributed by atoms with Gasteiger partial charge in [0.1, 0.15) is 5.58 Å². The highest BCUT2D eigenvalue weighted by molar-refractivity contribution is 5.97. The summed E-state index contributed by atoms with van der Waals surface area (Å²) in [6, 6.07) is 28.7. The number of nitrogens with zero attached hydrogens (tertiary/aromatic N) is 2. The monoisotopic (exact) mass is 752 g/mol. The zero-order valence-electron chi connectivity index (χ0n) is 33.3. The van der Waals surface area contributed by atoms with Gasteiger partial charge >= 0.3 is 0 Å². The highest BCUT2D eigenvalue weighted by Gasteiger charge is 2.31. The van der Waals surface area contributed by atoms with Gasteiger partial charge in [0.05, 0.1) is 12.3 Å². The first-order valence-corrected chi connectivity index (χ1v) is 20.5. The minimum atomic E-state index is -0.283. The van der Waals surface area contributed by atoms with E-state index in [0.29, 0.717) is 37.7 Å². The van der Waals surface area contributed by atoms with Crippen LogP contribution in [0, 0.1) is 5.92 Å². The molecule has 7 N–H and O–H groups in total. The van der Waals surface area contributed by atoms with E-state index in [2.05, 4.69) is 84.4 Å². The number of hydrogen-bond acceptors (Lipinski definition) is 8. The second-order valence-corrected chi connectivity index (χ2v) is 15.9. The number of rotatable bonds is 22. The number of carbonyl (C=O) groups is 2. The van der Waals surface area contributed by atoms with Crippen LogP contribution in [0.1, 0.15) is 73.9 Å². The summed E-state index contributed by atoms with van der Waals surface area (Å²) in [5.41, 5.74) is 16.4. The zero-order valence-corrected chi connectivity index (χ0v) is 33.3. The molecule has 10 nitrogen and oxygen atoms in total. The van der Waals surface area contributed by atoms with Crippen LogP contribution in [0.25, 0.3) is 11.0 Å². The molecular formula is C45H65N7O3. The summed E-state index contributed by atoms with van der Waals surface area (Å²) in [4.78, 5) is 31.4. The summed E-state index contributed by atoms with van der Waals surface area (Å²) in [5, 5.41) is 12.3. The minimum Gasteiger partial charge on any atom is -0.464 e. The third-order valence-corrected chi connectivity index (χ3v) is 10.9. The third kappa shape index (κ3) is 13.3. The lowest BCUT2D eigenvalue weighted by Crippen LogP contribution is -2.55. The van der Waals surface area contributed by atoms with Gasteiger partial charge in [-0.15, -0.1) is 0 Å². The molecule has 1 aliphatic rings. The number of nitrogens with one attached hydrogen (secondary N) is 3. The summed E-state index contributed by atoms with van der Waals surface area (Å²) in [6.07, 6.45) is 8.37. The Balaban J connectivity index is 1.16. The molecule has 1 aromatic heterocycles. The van der Waals surface area contributed by atoms with Gasteiger partial charge in [0, 0.05) is 74.9 Å². The quantitative estimate of drug-likeness (QED) is 0.0677. The molecule has 10 heteroatoms. The molecule has 4 aromatic rings. The highest BCUT2D eigenvalue weighted by atomic mass is 16.3. The Bertz CT molecular complexity index is 1710. The fourth-order valence-electron chi connectivity index (χ4n) is 7.79. The van der Waals surface area contributed by atoms with Crippen molar-refractivity contribution in [2.45, 2.75) is 95.4 Å². The van der Waals surface area contributed by atoms with Gasteiger partial charge in [-0.05, 0) is 92.8 Å². The van der Waals surface area contributed by atoms with Crippen LogP contribution in [0.5, 0.6) is 0 Å². The minimum absolute atomic E-state index is 0.00543. The van der Waals surface area contributed by atoms with Crippen molar-refractivity contribution in [3.8, 4) is 0 Å². The van der Waals surface area contributed by atoms with Gasteiger partial charge < -0.3 is 41.6 Å². The van der Waals surface area contributed by atoms with Crippen LogP contribution in [0.3, 0.4) is 0 Å². The molecule has 0 aliphatic carbocycles. The first kappa shape index (κ1) is 42.1. The van der Waals surface area contributed by atoms with E-state index in [1.165, 1.54) is 11.1 Å². The van der Waals surface area contributed by atoms with Crippen LogP contribution in [0.15, 0.2) is 95.6 Å². The van der Waals surface area contributed by atoms with Crippen LogP contribution in [0.4, 0.5) is 0 Å². The van der Waals surface area contributed by atoms with Crippen molar-refractivity contribution < 1.29 is 14.0 Å². The number of likely N-dealkylation sites (tertiary alicyclic amines) is 1. The Kier molecular flexibility index (Phi) is 16.7. The summed E-state index contributed by atoms with van der Waals surface area (Å²) in [7, 11) is 1.88. The predicted molar refractivity (Wildman–Crippen MR) is 224 cm³/mol. The van der Waals surface area contributed by atoms with Gasteiger partial charge in [-0.2, -0.15) is 0 Å². The number of unbranched alkanes of at least 4 members (excludes halogenated alkanes) is 1. The number of piperidine rings is 1. The van der Waals surface area contributed by atoms with Crippen molar-refractivity contribution in [2.24, 2.45) is 17.4 Å². The molecule has 0 spiro atoms. The lowest BCUT2D eigenvalue weighted by atomic mass is 9.99. The van der Waals surface area contributed by atoms with Crippen molar-refractivity contribution in [2.75, 3.05) is 46.3 Å². The number of furan rings is 1. The smallest absolute Gasteiger partial charge is 0.253 e. The Labute approximate surface area is 328 Å². The molecule has 0 bridgehead atoms. The second-order valence-electron chi connectivity index (χ2n) is 15.9. The lowest BCUT2D eigenvalue weighted by Gasteiger charge is -2.38. The zero-order chi connectivity index (χ0) is 39.0. The standard InChI is InChI=1S/C45H65N7O3/c1-33(2)26-39(49-31-40(28-35-14-8-5-9-15-35)48-30-38(47)27-34-12-6-4-7-13-34)32-50-42(16-10-11-22-46)45(54)52-23-19-41(20-24-52)51(3)44(53)37-17-18-43-36(29-37)21-25-55-43/h4-9,12-15,17-18,21,25,29,33,38-42,48-50H,10-11,16,19-20,22-24,26-28,30-32,46-47H2,1-3H3/t38-,39-,40-,42-/m1/s1. The van der Waals surface area contributed by atoms with Crippen molar-refractivity contribution in [3.05, 3.63) is 108 Å². The van der Waals surface area contributed by atoms with Crippen molar-refractivity contribution >= 4 is 22.8 Å². The average Bonchev–Trinajstić information content (AvgIpc) is 3.68. The Morgan fingerprint density at radius 3 is 2.16 bits per heavy atom. The Morgan fingerprint density at radius 1 is 0.836 bits per heavy atom. The van der Waals surface area contributed by atoms with Gasteiger partial charge in [0.25, 0.3) is 5.91 Å². The van der Waals surface area contributed by atoms with E-state index < -0.39 is 0 Å². The lowest BCUT2D eigenvalue weighted by molar-refractivity contribution is -0.135. The van der Waals surface area contributed by atoms with Crippen molar-refractivity contribution in [1.29, 1.82) is 0 Å². The van der Waals surface area contributed by atoms with E-state index in [0.717, 1.165) is 75.4 Å². The Hall–Kier alpha value is -4.06. The predicted octanol–water partition coefficient (Wildman–Crippen LogP) is 5.36. The molecule has 0 saturated carbocycles. The number of carbonyl (C=O) groups excluding carboxylic acids is 2. The molecule has 1 aliphatic heterocycles. The molecule has 0 radical (unpaired) electrons. The third-order valence-electron chi connectivity index (χ3n) is 10.9. The van der Waals surface area contributed by atoms with Crippen LogP contribution < -0.4 is 27.4 Å². The summed E-state index contributed by atoms with van der Waals surface area (Å²) < 4.78 is 5.45. The fraction of sp³-hybridized carbons (Fsp3) is 0.511. The van der Waals surface area contributed by atoms with Crippen molar-refractivity contribution in [1.82, 2.24) is 25.8 Å². The van der Waals surface area contributed by atoms with Gasteiger partial charge in [0.2, 0.25) is 5.91 Å². The molecular weight excluding hydrogens is 687 g/mol. The van der Waals surface area contributed by atoms with E-state index in [1.807, 2.05) is 47.2 Å².